The quantitative estimate of drug-likeness (QED) is 0.718. The van der Waals surface area contributed by atoms with Gasteiger partial charge in [0.2, 0.25) is 5.91 Å². The summed E-state index contributed by atoms with van der Waals surface area (Å²) < 4.78 is 48.9. The van der Waals surface area contributed by atoms with E-state index in [1.807, 2.05) is 0 Å². The fraction of sp³-hybridized carbons (Fsp3) is 0.529. The van der Waals surface area contributed by atoms with E-state index < -0.39 is 42.5 Å². The Bertz CT molecular complexity index is 1010. The highest BCUT2D eigenvalue weighted by molar-refractivity contribution is 7.96. The molecule has 3 rings (SSSR count). The van der Waals surface area contributed by atoms with Gasteiger partial charge in [0.25, 0.3) is 5.91 Å². The minimum atomic E-state index is -3.90. The largest absolute Gasteiger partial charge is 0.369 e. The van der Waals surface area contributed by atoms with Crippen LogP contribution in [0, 0.1) is 5.92 Å². The zero-order chi connectivity index (χ0) is 20.7. The van der Waals surface area contributed by atoms with Crippen LogP contribution >= 0.6 is 11.6 Å². The Hall–Kier alpha value is -1.65. The number of piperidine rings is 1. The van der Waals surface area contributed by atoms with Gasteiger partial charge in [-0.15, -0.1) is 0 Å². The molecule has 1 atom stereocenters. The Balaban J connectivity index is 1.84. The predicted molar refractivity (Wildman–Crippen MR) is 104 cm³/mol. The zero-order valence-electron chi connectivity index (χ0n) is 15.0. The molecule has 0 aliphatic carbocycles. The summed E-state index contributed by atoms with van der Waals surface area (Å²) >= 11 is 6.13. The summed E-state index contributed by atoms with van der Waals surface area (Å²) in [5, 5.41) is -0.909. The molecule has 2 amide bonds. The van der Waals surface area contributed by atoms with Gasteiger partial charge in [0.15, 0.2) is 19.7 Å². The van der Waals surface area contributed by atoms with Gasteiger partial charge in [-0.1, -0.05) is 11.6 Å². The van der Waals surface area contributed by atoms with Crippen LogP contribution in [-0.4, -0.2) is 63.4 Å². The summed E-state index contributed by atoms with van der Waals surface area (Å²) in [4.78, 5) is 25.5. The smallest absolute Gasteiger partial charge is 0.255 e. The number of carbonyl (C=O) groups excluding carboxylic acids is 2. The standard InChI is InChI=1S/C17H21ClN2O6S2/c18-15-2-1-12(28(25,26)13-5-8-27(23,24)10-13)9-14(15)17(22)20-6-3-11(4-7-20)16(19)21/h1-2,9,11,13H,3-8,10H2,(H2,19,21). The van der Waals surface area contributed by atoms with E-state index in [9.17, 15) is 26.4 Å². The minimum absolute atomic E-state index is 0.0389. The second-order valence-corrected chi connectivity index (χ2v) is 12.0. The van der Waals surface area contributed by atoms with Crippen molar-refractivity contribution in [2.75, 3.05) is 24.6 Å². The molecule has 2 N–H and O–H groups in total. The molecule has 1 unspecified atom stereocenters. The number of hydrogen-bond acceptors (Lipinski definition) is 6. The second-order valence-electron chi connectivity index (χ2n) is 7.18. The third-order valence-corrected chi connectivity index (χ3v) is 9.81. The van der Waals surface area contributed by atoms with Crippen LogP contribution in [0.2, 0.25) is 5.02 Å². The van der Waals surface area contributed by atoms with E-state index >= 15 is 0 Å². The lowest BCUT2D eigenvalue weighted by atomic mass is 9.96. The first-order valence-corrected chi connectivity index (χ1v) is 12.6. The SMILES string of the molecule is NC(=O)C1CCN(C(=O)c2cc(S(=O)(=O)C3CCS(=O)(=O)C3)ccc2Cl)CC1. The van der Waals surface area contributed by atoms with Crippen molar-refractivity contribution in [3.8, 4) is 0 Å². The van der Waals surface area contributed by atoms with E-state index in [0.29, 0.717) is 25.9 Å². The van der Waals surface area contributed by atoms with Crippen molar-refractivity contribution >= 4 is 43.1 Å². The van der Waals surface area contributed by atoms with E-state index in [4.69, 9.17) is 17.3 Å². The van der Waals surface area contributed by atoms with Crippen molar-refractivity contribution in [2.45, 2.75) is 29.4 Å². The summed E-state index contributed by atoms with van der Waals surface area (Å²) in [5.41, 5.74) is 5.34. The van der Waals surface area contributed by atoms with Gasteiger partial charge in [-0.25, -0.2) is 16.8 Å². The average Bonchev–Trinajstić information content (AvgIpc) is 3.02. The van der Waals surface area contributed by atoms with Crippen LogP contribution in [0.25, 0.3) is 0 Å². The van der Waals surface area contributed by atoms with Gasteiger partial charge < -0.3 is 10.6 Å². The topological polar surface area (TPSA) is 132 Å². The van der Waals surface area contributed by atoms with E-state index in [2.05, 4.69) is 0 Å². The van der Waals surface area contributed by atoms with Crippen LogP contribution in [0.4, 0.5) is 0 Å². The third kappa shape index (κ3) is 4.18. The van der Waals surface area contributed by atoms with Gasteiger partial charge in [0.1, 0.15) is 0 Å². The van der Waals surface area contributed by atoms with Gasteiger partial charge in [-0.2, -0.15) is 0 Å². The molecule has 0 spiro atoms. The Morgan fingerprint density at radius 3 is 2.32 bits per heavy atom. The molecular formula is C17H21ClN2O6S2. The maximum absolute atomic E-state index is 12.8. The van der Waals surface area contributed by atoms with Crippen LogP contribution in [0.5, 0.6) is 0 Å². The highest BCUT2D eigenvalue weighted by Gasteiger charge is 2.38. The molecule has 0 bridgehead atoms. The van der Waals surface area contributed by atoms with E-state index in [-0.39, 0.29) is 33.6 Å². The fourth-order valence-electron chi connectivity index (χ4n) is 3.58. The first-order chi connectivity index (χ1) is 13.0. The van der Waals surface area contributed by atoms with Gasteiger partial charge in [-0.3, -0.25) is 9.59 Å². The number of hydrogen-bond donors (Lipinski definition) is 1. The summed E-state index contributed by atoms with van der Waals surface area (Å²) in [7, 11) is -7.27. The Morgan fingerprint density at radius 2 is 1.79 bits per heavy atom. The molecule has 2 heterocycles. The van der Waals surface area contributed by atoms with Crippen LogP contribution < -0.4 is 5.73 Å². The average molecular weight is 449 g/mol. The normalized spacial score (nSPS) is 22.9. The summed E-state index contributed by atoms with van der Waals surface area (Å²) in [6.45, 7) is 0.640. The molecule has 0 aromatic heterocycles. The van der Waals surface area contributed by atoms with Gasteiger partial charge in [-0.05, 0) is 37.5 Å². The number of nitrogens with two attached hydrogens (primary N) is 1. The first-order valence-electron chi connectivity index (χ1n) is 8.84. The molecule has 154 valence electrons. The van der Waals surface area contributed by atoms with E-state index in [1.54, 1.807) is 0 Å². The number of likely N-dealkylation sites (tertiary alicyclic amines) is 1. The maximum Gasteiger partial charge on any atom is 0.255 e. The number of sulfone groups is 2. The van der Waals surface area contributed by atoms with Crippen LogP contribution in [0.1, 0.15) is 29.6 Å². The monoisotopic (exact) mass is 448 g/mol. The highest BCUT2D eigenvalue weighted by atomic mass is 35.5. The molecule has 2 aliphatic heterocycles. The van der Waals surface area contributed by atoms with Gasteiger partial charge in [0, 0.05) is 19.0 Å². The van der Waals surface area contributed by atoms with Crippen molar-refractivity contribution in [1.82, 2.24) is 4.90 Å². The van der Waals surface area contributed by atoms with Crippen LogP contribution in [-0.2, 0) is 24.5 Å². The molecule has 1 aromatic carbocycles. The molecule has 8 nitrogen and oxygen atoms in total. The number of amides is 2. The summed E-state index contributed by atoms with van der Waals surface area (Å²) in [6.07, 6.45) is 0.921. The number of benzene rings is 1. The molecular weight excluding hydrogens is 428 g/mol. The third-order valence-electron chi connectivity index (χ3n) is 5.31. The molecule has 2 saturated heterocycles. The van der Waals surface area contributed by atoms with Crippen LogP contribution in [0.15, 0.2) is 23.1 Å². The Kier molecular flexibility index (Phi) is 5.75. The molecule has 11 heteroatoms. The molecule has 2 fully saturated rings. The Labute approximate surface area is 168 Å². The second kappa shape index (κ2) is 7.64. The lowest BCUT2D eigenvalue weighted by Crippen LogP contribution is -2.41. The lowest BCUT2D eigenvalue weighted by molar-refractivity contribution is -0.123. The van der Waals surface area contributed by atoms with E-state index in [0.717, 1.165) is 0 Å². The van der Waals surface area contributed by atoms with Crippen molar-refractivity contribution in [2.24, 2.45) is 11.7 Å². The maximum atomic E-state index is 12.8. The molecule has 28 heavy (non-hydrogen) atoms. The number of carbonyl (C=O) groups is 2. The van der Waals surface area contributed by atoms with Crippen molar-refractivity contribution in [3.63, 3.8) is 0 Å². The Morgan fingerprint density at radius 1 is 1.14 bits per heavy atom. The molecule has 0 saturated carbocycles. The molecule has 2 aliphatic rings. The highest BCUT2D eigenvalue weighted by Crippen LogP contribution is 2.29. The van der Waals surface area contributed by atoms with E-state index in [1.165, 1.54) is 23.1 Å². The van der Waals surface area contributed by atoms with Crippen molar-refractivity contribution in [1.29, 1.82) is 0 Å². The number of halogens is 1. The predicted octanol–water partition coefficient (Wildman–Crippen LogP) is 0.638. The van der Waals surface area contributed by atoms with Crippen molar-refractivity contribution in [3.05, 3.63) is 28.8 Å². The van der Waals surface area contributed by atoms with Crippen molar-refractivity contribution < 1.29 is 26.4 Å². The fourth-order valence-corrected chi connectivity index (χ4v) is 8.16. The number of nitrogens with zero attached hydrogens (tertiary/aromatic N) is 1. The van der Waals surface area contributed by atoms with Gasteiger partial charge in [0.05, 0.1) is 32.2 Å². The molecule has 0 radical (unpaired) electrons. The minimum Gasteiger partial charge on any atom is -0.369 e. The summed E-state index contributed by atoms with van der Waals surface area (Å²) in [6, 6.07) is 3.84. The first kappa shape index (κ1) is 21.1. The molecule has 1 aromatic rings. The lowest BCUT2D eigenvalue weighted by Gasteiger charge is -2.31. The van der Waals surface area contributed by atoms with Gasteiger partial charge >= 0.3 is 0 Å². The summed E-state index contributed by atoms with van der Waals surface area (Å²) in [5.74, 6) is -1.68. The number of rotatable bonds is 4. The zero-order valence-corrected chi connectivity index (χ0v) is 17.4. The van der Waals surface area contributed by atoms with Crippen LogP contribution in [0.3, 0.4) is 0 Å². The number of primary amides is 1.